The average Bonchev–Trinajstić information content (AvgIpc) is 3.28. The lowest BCUT2D eigenvalue weighted by Gasteiger charge is -2.43. The van der Waals surface area contributed by atoms with Crippen LogP contribution in [0, 0.1) is 0 Å². The molecule has 122 valence electrons. The molecule has 2 fully saturated rings. The average molecular weight is 342 g/mol. The molecule has 1 aliphatic heterocycles. The van der Waals surface area contributed by atoms with E-state index < -0.39 is 0 Å². The maximum Gasteiger partial charge on any atom is 0.147 e. The minimum atomic E-state index is 0.133. The lowest BCUT2D eigenvalue weighted by atomic mass is 10.1. The molecule has 3 aromatic rings. The first-order valence-electron chi connectivity index (χ1n) is 8.03. The Balaban J connectivity index is 1.50. The van der Waals surface area contributed by atoms with Gasteiger partial charge < -0.3 is 14.8 Å². The van der Waals surface area contributed by atoms with Crippen LogP contribution in [0.1, 0.15) is 12.8 Å². The minimum Gasteiger partial charge on any atom is -0.352 e. The third kappa shape index (κ3) is 2.04. The minimum absolute atomic E-state index is 0.133. The molecule has 8 heteroatoms. The summed E-state index contributed by atoms with van der Waals surface area (Å²) >= 11 is 6.34. The molecule has 0 aromatic carbocycles. The molecule has 7 nitrogen and oxygen atoms in total. The van der Waals surface area contributed by atoms with Crippen molar-refractivity contribution >= 4 is 34.3 Å². The SMILES string of the molecule is Clc1c[nH]c2ncnc(N3CCN(c4cnccn4)C4(CC4)C3)c12. The van der Waals surface area contributed by atoms with Crippen molar-refractivity contribution in [2.45, 2.75) is 18.4 Å². The molecule has 0 atom stereocenters. The zero-order valence-corrected chi connectivity index (χ0v) is 13.7. The highest BCUT2D eigenvalue weighted by atomic mass is 35.5. The fourth-order valence-corrected chi connectivity index (χ4v) is 3.90. The molecule has 0 radical (unpaired) electrons. The van der Waals surface area contributed by atoms with Crippen LogP contribution in [0.2, 0.25) is 5.02 Å². The summed E-state index contributed by atoms with van der Waals surface area (Å²) in [6.45, 7) is 2.68. The van der Waals surface area contributed by atoms with Crippen LogP contribution in [0.25, 0.3) is 11.0 Å². The molecule has 1 N–H and O–H groups in total. The fraction of sp³-hybridized carbons (Fsp3) is 0.375. The number of nitrogens with zero attached hydrogens (tertiary/aromatic N) is 6. The van der Waals surface area contributed by atoms with E-state index in [-0.39, 0.29) is 5.54 Å². The summed E-state index contributed by atoms with van der Waals surface area (Å²) in [5.74, 6) is 1.87. The quantitative estimate of drug-likeness (QED) is 0.770. The van der Waals surface area contributed by atoms with Crippen LogP contribution < -0.4 is 9.80 Å². The number of anilines is 2. The van der Waals surface area contributed by atoms with Gasteiger partial charge in [0.25, 0.3) is 0 Å². The summed E-state index contributed by atoms with van der Waals surface area (Å²) in [5, 5.41) is 1.57. The van der Waals surface area contributed by atoms with Crippen molar-refractivity contribution in [2.24, 2.45) is 0 Å². The highest BCUT2D eigenvalue weighted by Crippen LogP contribution is 2.47. The molecule has 5 rings (SSSR count). The Hall–Kier alpha value is -2.41. The highest BCUT2D eigenvalue weighted by molar-refractivity contribution is 6.36. The van der Waals surface area contributed by atoms with Gasteiger partial charge in [-0.25, -0.2) is 15.0 Å². The molecule has 0 bridgehead atoms. The third-order valence-corrected chi connectivity index (χ3v) is 5.30. The largest absolute Gasteiger partial charge is 0.352 e. The van der Waals surface area contributed by atoms with Gasteiger partial charge in [0.1, 0.15) is 23.6 Å². The van der Waals surface area contributed by atoms with E-state index in [1.165, 1.54) is 0 Å². The van der Waals surface area contributed by atoms with Gasteiger partial charge in [-0.05, 0) is 12.8 Å². The van der Waals surface area contributed by atoms with E-state index in [4.69, 9.17) is 11.6 Å². The maximum absolute atomic E-state index is 6.34. The molecule has 3 aromatic heterocycles. The first-order chi connectivity index (χ1) is 11.8. The number of aromatic nitrogens is 5. The second kappa shape index (κ2) is 5.04. The van der Waals surface area contributed by atoms with Crippen molar-refractivity contribution in [3.8, 4) is 0 Å². The van der Waals surface area contributed by atoms with E-state index in [2.05, 4.69) is 34.7 Å². The van der Waals surface area contributed by atoms with E-state index >= 15 is 0 Å². The number of piperazine rings is 1. The van der Waals surface area contributed by atoms with E-state index in [0.29, 0.717) is 5.02 Å². The van der Waals surface area contributed by atoms with Gasteiger partial charge in [0, 0.05) is 38.2 Å². The smallest absolute Gasteiger partial charge is 0.147 e. The molecular weight excluding hydrogens is 326 g/mol. The number of hydrogen-bond donors (Lipinski definition) is 1. The predicted molar refractivity (Wildman–Crippen MR) is 92.5 cm³/mol. The summed E-state index contributed by atoms with van der Waals surface area (Å²) < 4.78 is 0. The Labute approximate surface area is 143 Å². The number of hydrogen-bond acceptors (Lipinski definition) is 6. The van der Waals surface area contributed by atoms with Crippen LogP contribution in [0.5, 0.6) is 0 Å². The van der Waals surface area contributed by atoms with Gasteiger partial charge in [-0.2, -0.15) is 0 Å². The monoisotopic (exact) mass is 341 g/mol. The fourth-order valence-electron chi connectivity index (χ4n) is 3.67. The lowest BCUT2D eigenvalue weighted by Crippen LogP contribution is -2.56. The molecule has 1 aliphatic carbocycles. The van der Waals surface area contributed by atoms with Crippen molar-refractivity contribution in [3.63, 3.8) is 0 Å². The van der Waals surface area contributed by atoms with Crippen molar-refractivity contribution < 1.29 is 0 Å². The van der Waals surface area contributed by atoms with Gasteiger partial charge in [0.2, 0.25) is 0 Å². The van der Waals surface area contributed by atoms with Crippen LogP contribution >= 0.6 is 11.6 Å². The number of halogens is 1. The van der Waals surface area contributed by atoms with Crippen LogP contribution in [0.3, 0.4) is 0 Å². The number of fused-ring (bicyclic) bond motifs is 1. The number of aromatic amines is 1. The second-order valence-corrected chi connectivity index (χ2v) is 6.83. The van der Waals surface area contributed by atoms with Gasteiger partial charge in [-0.3, -0.25) is 4.98 Å². The Morgan fingerprint density at radius 2 is 2.04 bits per heavy atom. The summed E-state index contributed by atoms with van der Waals surface area (Å²) in [4.78, 5) is 25.3. The summed E-state index contributed by atoms with van der Waals surface area (Å²) in [6.07, 6.45) is 11.0. The molecule has 2 aliphatic rings. The lowest BCUT2D eigenvalue weighted by molar-refractivity contribution is 0.502. The van der Waals surface area contributed by atoms with Gasteiger partial charge in [-0.1, -0.05) is 11.6 Å². The van der Waals surface area contributed by atoms with Gasteiger partial charge in [0.05, 0.1) is 22.1 Å². The van der Waals surface area contributed by atoms with E-state index in [9.17, 15) is 0 Å². The van der Waals surface area contributed by atoms with Gasteiger partial charge in [0.15, 0.2) is 0 Å². The summed E-state index contributed by atoms with van der Waals surface area (Å²) in [6, 6.07) is 0. The first-order valence-corrected chi connectivity index (χ1v) is 8.41. The number of H-pyrrole nitrogens is 1. The van der Waals surface area contributed by atoms with Crippen molar-refractivity contribution in [1.82, 2.24) is 24.9 Å². The molecule has 1 spiro atoms. The highest BCUT2D eigenvalue weighted by Gasteiger charge is 2.52. The molecular formula is C16H16ClN7. The Kier molecular flexibility index (Phi) is 2.94. The Morgan fingerprint density at radius 3 is 2.83 bits per heavy atom. The number of nitrogens with one attached hydrogen (secondary N) is 1. The van der Waals surface area contributed by atoms with Gasteiger partial charge in [-0.15, -0.1) is 0 Å². The van der Waals surface area contributed by atoms with Crippen molar-refractivity contribution in [1.29, 1.82) is 0 Å². The molecule has 1 saturated heterocycles. The first kappa shape index (κ1) is 14.0. The third-order valence-electron chi connectivity index (χ3n) is 5.01. The van der Waals surface area contributed by atoms with E-state index in [0.717, 1.165) is 55.1 Å². The van der Waals surface area contributed by atoms with Crippen LogP contribution in [0.4, 0.5) is 11.6 Å². The molecule has 24 heavy (non-hydrogen) atoms. The molecule has 4 heterocycles. The zero-order chi connectivity index (χ0) is 16.1. The Bertz CT molecular complexity index is 890. The van der Waals surface area contributed by atoms with Crippen molar-refractivity contribution in [2.75, 3.05) is 29.4 Å². The second-order valence-electron chi connectivity index (χ2n) is 6.42. The predicted octanol–water partition coefficient (Wildman–Crippen LogP) is 2.26. The normalized spacial score (nSPS) is 19.2. The van der Waals surface area contributed by atoms with E-state index in [1.807, 2.05) is 6.20 Å². The van der Waals surface area contributed by atoms with Crippen molar-refractivity contribution in [3.05, 3.63) is 36.1 Å². The zero-order valence-electron chi connectivity index (χ0n) is 13.0. The Morgan fingerprint density at radius 1 is 1.12 bits per heavy atom. The maximum atomic E-state index is 6.34. The molecule has 0 unspecified atom stereocenters. The van der Waals surface area contributed by atoms with Crippen LogP contribution in [-0.2, 0) is 0 Å². The molecule has 1 saturated carbocycles. The standard InChI is InChI=1S/C16H16ClN7/c17-11-7-20-14-13(11)15(22-10-21-14)23-5-6-24(16(9-23)1-2-16)12-8-18-3-4-19-12/h3-4,7-8,10H,1-2,5-6,9H2,(H,20,21,22). The van der Waals surface area contributed by atoms with Gasteiger partial charge >= 0.3 is 0 Å². The summed E-state index contributed by atoms with van der Waals surface area (Å²) in [7, 11) is 0. The van der Waals surface area contributed by atoms with E-state index in [1.54, 1.807) is 24.9 Å². The topological polar surface area (TPSA) is 73.8 Å². The van der Waals surface area contributed by atoms with Crippen LogP contribution in [0.15, 0.2) is 31.1 Å². The molecule has 0 amide bonds. The summed E-state index contributed by atoms with van der Waals surface area (Å²) in [5.41, 5.74) is 0.917. The number of rotatable bonds is 2. The van der Waals surface area contributed by atoms with Crippen LogP contribution in [-0.4, -0.2) is 50.1 Å².